The third kappa shape index (κ3) is 69.0. The molecule has 6 atom stereocenters. The minimum absolute atomic E-state index is 0.108. The van der Waals surface area contributed by atoms with Gasteiger partial charge >= 0.3 is 39.5 Å². The van der Waals surface area contributed by atoms with Gasteiger partial charge in [0.1, 0.15) is 19.3 Å². The predicted molar refractivity (Wildman–Crippen MR) is 386 cm³/mol. The Morgan fingerprint density at radius 1 is 0.295 bits per heavy atom. The van der Waals surface area contributed by atoms with Gasteiger partial charge in [0.05, 0.1) is 26.4 Å². The first-order chi connectivity index (χ1) is 46.1. The maximum Gasteiger partial charge on any atom is 0.472 e. The van der Waals surface area contributed by atoms with E-state index in [0.29, 0.717) is 25.7 Å². The van der Waals surface area contributed by atoms with Crippen LogP contribution in [0, 0.1) is 5.92 Å². The van der Waals surface area contributed by atoms with Crippen molar-refractivity contribution in [2.45, 2.75) is 419 Å². The van der Waals surface area contributed by atoms with Crippen LogP contribution in [0.2, 0.25) is 0 Å². The van der Waals surface area contributed by atoms with Gasteiger partial charge in [0.2, 0.25) is 0 Å². The van der Waals surface area contributed by atoms with Crippen molar-refractivity contribution in [2.75, 3.05) is 39.6 Å². The number of rotatable bonds is 76. The smallest absolute Gasteiger partial charge is 0.462 e. The van der Waals surface area contributed by atoms with E-state index in [1.54, 1.807) is 0 Å². The van der Waals surface area contributed by atoms with Crippen molar-refractivity contribution in [2.24, 2.45) is 5.92 Å². The third-order valence-electron chi connectivity index (χ3n) is 18.1. The molecule has 0 aliphatic carbocycles. The van der Waals surface area contributed by atoms with E-state index in [1.807, 2.05) is 0 Å². The SMILES string of the molecule is CCCCCCCCCCCCCCCCCCC(=O)O[C@H](COC(=O)CCCCCCCCCCCCCCCC)COP(=O)(O)OC[C@@H](O)COP(=O)(O)OC[C@@H](COC(=O)CCCCCCCCCCC(C)CC)OC(=O)CCCCCCCCCCCCCCC. The number of ether oxygens (including phenoxy) is 4. The molecule has 0 bridgehead atoms. The Balaban J connectivity index is 5.26. The van der Waals surface area contributed by atoms with Gasteiger partial charge < -0.3 is 33.8 Å². The number of phosphoric acid groups is 2. The number of aliphatic hydroxyl groups is 1. The van der Waals surface area contributed by atoms with Gasteiger partial charge in [-0.05, 0) is 31.6 Å². The predicted octanol–water partition coefficient (Wildman–Crippen LogP) is 22.5. The van der Waals surface area contributed by atoms with Crippen molar-refractivity contribution < 1.29 is 80.2 Å². The highest BCUT2D eigenvalue weighted by atomic mass is 31.2. The molecule has 3 N–H and O–H groups in total. The van der Waals surface area contributed by atoms with Crippen molar-refractivity contribution in [1.29, 1.82) is 0 Å². The van der Waals surface area contributed by atoms with Crippen molar-refractivity contribution in [3.05, 3.63) is 0 Å². The second-order valence-electron chi connectivity index (χ2n) is 27.6. The largest absolute Gasteiger partial charge is 0.472 e. The molecule has 17 nitrogen and oxygen atoms in total. The molecule has 564 valence electrons. The zero-order valence-electron chi connectivity index (χ0n) is 61.8. The Morgan fingerprint density at radius 3 is 0.747 bits per heavy atom. The zero-order valence-corrected chi connectivity index (χ0v) is 63.6. The standard InChI is InChI=1S/C76H148O17P2/c1-6-10-13-16-19-22-25-28-30-31-34-37-40-47-52-57-62-76(81)92-71(65-86-73(78)59-54-49-44-38-35-33-29-26-23-20-17-14-11-7-2)67-90-94(82,83)88-63-70(77)64-89-95(84,85)91-68-72(66-87-74(79)60-55-50-45-42-41-43-48-53-58-69(5)9-4)93-75(80)61-56-51-46-39-36-32-27-24-21-18-15-12-8-3/h69-72,77H,6-68H2,1-5H3,(H,82,83)(H,84,85)/t69?,70-,71-,72-/m1/s1. The Morgan fingerprint density at radius 2 is 0.505 bits per heavy atom. The monoisotopic (exact) mass is 1400 g/mol. The Bertz CT molecular complexity index is 1820. The number of hydrogen-bond donors (Lipinski definition) is 3. The van der Waals surface area contributed by atoms with Gasteiger partial charge in [-0.3, -0.25) is 37.3 Å². The molecule has 0 heterocycles. The maximum atomic E-state index is 13.1. The van der Waals surface area contributed by atoms with E-state index in [9.17, 15) is 43.2 Å². The highest BCUT2D eigenvalue weighted by Gasteiger charge is 2.30. The minimum Gasteiger partial charge on any atom is -0.462 e. The number of carbonyl (C=O) groups excluding carboxylic acids is 4. The van der Waals surface area contributed by atoms with E-state index in [-0.39, 0.29) is 25.7 Å². The van der Waals surface area contributed by atoms with Gasteiger partial charge in [-0.1, -0.05) is 349 Å². The quantitative estimate of drug-likeness (QED) is 0.0222. The Hall–Kier alpha value is -1.94. The summed E-state index contributed by atoms with van der Waals surface area (Å²) in [5, 5.41) is 10.6. The fraction of sp³-hybridized carbons (Fsp3) is 0.947. The topological polar surface area (TPSA) is 237 Å². The minimum atomic E-state index is -4.96. The summed E-state index contributed by atoms with van der Waals surface area (Å²) in [6, 6.07) is 0. The summed E-state index contributed by atoms with van der Waals surface area (Å²) in [5.41, 5.74) is 0. The molecule has 0 saturated heterocycles. The molecule has 0 aromatic heterocycles. The summed E-state index contributed by atoms with van der Waals surface area (Å²) in [6.07, 6.45) is 58.0. The van der Waals surface area contributed by atoms with Crippen LogP contribution in [0.4, 0.5) is 0 Å². The molecule has 0 saturated carbocycles. The van der Waals surface area contributed by atoms with E-state index >= 15 is 0 Å². The van der Waals surface area contributed by atoms with Crippen molar-refractivity contribution >= 4 is 39.5 Å². The van der Waals surface area contributed by atoms with Gasteiger partial charge in [0.15, 0.2) is 12.2 Å². The molecular formula is C76H148O17P2. The first-order valence-electron chi connectivity index (χ1n) is 39.7. The highest BCUT2D eigenvalue weighted by molar-refractivity contribution is 7.47. The van der Waals surface area contributed by atoms with Crippen LogP contribution in [-0.2, 0) is 65.4 Å². The first-order valence-corrected chi connectivity index (χ1v) is 42.7. The number of hydrogen-bond acceptors (Lipinski definition) is 15. The van der Waals surface area contributed by atoms with Gasteiger partial charge in [-0.2, -0.15) is 0 Å². The summed E-state index contributed by atoms with van der Waals surface area (Å²) in [6.45, 7) is 7.31. The maximum absolute atomic E-state index is 13.1. The number of aliphatic hydroxyl groups excluding tert-OH is 1. The number of carbonyl (C=O) groups is 4. The highest BCUT2D eigenvalue weighted by Crippen LogP contribution is 2.45. The third-order valence-corrected chi connectivity index (χ3v) is 20.0. The Kier molecular flexibility index (Phi) is 67.7. The summed E-state index contributed by atoms with van der Waals surface area (Å²) in [4.78, 5) is 72.9. The average Bonchev–Trinajstić information content (AvgIpc) is 1.51. The number of esters is 4. The van der Waals surface area contributed by atoms with Crippen LogP contribution in [0.5, 0.6) is 0 Å². The van der Waals surface area contributed by atoms with Crippen LogP contribution < -0.4 is 0 Å². The van der Waals surface area contributed by atoms with Crippen LogP contribution in [0.3, 0.4) is 0 Å². The van der Waals surface area contributed by atoms with E-state index < -0.39 is 97.5 Å². The zero-order chi connectivity index (χ0) is 69.8. The first kappa shape index (κ1) is 93.1. The summed E-state index contributed by atoms with van der Waals surface area (Å²) >= 11 is 0. The van der Waals surface area contributed by atoms with Gasteiger partial charge in [-0.25, -0.2) is 9.13 Å². The van der Waals surface area contributed by atoms with E-state index in [1.165, 1.54) is 225 Å². The van der Waals surface area contributed by atoms with Crippen LogP contribution in [0.15, 0.2) is 0 Å². The van der Waals surface area contributed by atoms with Crippen LogP contribution in [-0.4, -0.2) is 96.7 Å². The average molecular weight is 1400 g/mol. The van der Waals surface area contributed by atoms with E-state index in [4.69, 9.17) is 37.0 Å². The number of unbranched alkanes of at least 4 members (excludes halogenated alkanes) is 47. The molecule has 0 fully saturated rings. The lowest BCUT2D eigenvalue weighted by atomic mass is 9.99. The summed E-state index contributed by atoms with van der Waals surface area (Å²) < 4.78 is 68.6. The molecule has 95 heavy (non-hydrogen) atoms. The second-order valence-corrected chi connectivity index (χ2v) is 30.5. The summed E-state index contributed by atoms with van der Waals surface area (Å²) in [7, 11) is -9.91. The molecule has 0 radical (unpaired) electrons. The molecule has 0 amide bonds. The lowest BCUT2D eigenvalue weighted by Gasteiger charge is -2.21. The van der Waals surface area contributed by atoms with Crippen LogP contribution in [0.25, 0.3) is 0 Å². The normalized spacial score (nSPS) is 14.2. The lowest BCUT2D eigenvalue weighted by molar-refractivity contribution is -0.161. The van der Waals surface area contributed by atoms with Crippen LogP contribution in [0.1, 0.15) is 401 Å². The molecule has 0 rings (SSSR count). The molecular weight excluding hydrogens is 1250 g/mol. The Labute approximate surface area is 581 Å². The molecule has 0 aliphatic rings. The lowest BCUT2D eigenvalue weighted by Crippen LogP contribution is -2.30. The second kappa shape index (κ2) is 69.2. The molecule has 3 unspecified atom stereocenters. The van der Waals surface area contributed by atoms with Crippen molar-refractivity contribution in [3.8, 4) is 0 Å². The summed E-state index contributed by atoms with van der Waals surface area (Å²) in [5.74, 6) is -1.33. The fourth-order valence-electron chi connectivity index (χ4n) is 11.7. The van der Waals surface area contributed by atoms with Gasteiger partial charge in [0, 0.05) is 25.7 Å². The van der Waals surface area contributed by atoms with Crippen molar-refractivity contribution in [3.63, 3.8) is 0 Å². The fourth-order valence-corrected chi connectivity index (χ4v) is 13.3. The van der Waals surface area contributed by atoms with Crippen LogP contribution >= 0.6 is 15.6 Å². The molecule has 19 heteroatoms. The van der Waals surface area contributed by atoms with E-state index in [0.717, 1.165) is 95.8 Å². The molecule has 0 aromatic rings. The molecule has 0 spiro atoms. The van der Waals surface area contributed by atoms with Gasteiger partial charge in [0.25, 0.3) is 0 Å². The number of phosphoric ester groups is 2. The van der Waals surface area contributed by atoms with Gasteiger partial charge in [-0.15, -0.1) is 0 Å². The van der Waals surface area contributed by atoms with E-state index in [2.05, 4.69) is 34.6 Å². The molecule has 0 aliphatic heterocycles. The van der Waals surface area contributed by atoms with Crippen molar-refractivity contribution in [1.82, 2.24) is 0 Å². The molecule has 0 aromatic carbocycles.